The van der Waals surface area contributed by atoms with Gasteiger partial charge in [-0.1, -0.05) is 6.42 Å². The number of pyridine rings is 2. The normalized spacial score (nSPS) is 23.3. The maximum Gasteiger partial charge on any atom is 0.112 e. The van der Waals surface area contributed by atoms with E-state index in [1.807, 2.05) is 12.4 Å². The highest BCUT2D eigenvalue weighted by molar-refractivity contribution is 9.10. The van der Waals surface area contributed by atoms with E-state index in [1.165, 1.54) is 50.9 Å². The Hall–Kier alpha value is -1.20. The van der Waals surface area contributed by atoms with E-state index in [0.717, 1.165) is 28.6 Å². The molecule has 2 aromatic rings. The van der Waals surface area contributed by atoms with Crippen molar-refractivity contribution < 1.29 is 0 Å². The van der Waals surface area contributed by atoms with Crippen molar-refractivity contribution in [3.63, 3.8) is 0 Å². The van der Waals surface area contributed by atoms with Gasteiger partial charge < -0.3 is 4.90 Å². The van der Waals surface area contributed by atoms with Crippen LogP contribution in [-0.4, -0.2) is 47.1 Å². The van der Waals surface area contributed by atoms with E-state index >= 15 is 0 Å². The largest absolute Gasteiger partial charge is 0.368 e. The van der Waals surface area contributed by atoms with Gasteiger partial charge in [0.15, 0.2) is 0 Å². The van der Waals surface area contributed by atoms with Crippen LogP contribution in [0.25, 0.3) is 11.0 Å². The van der Waals surface area contributed by atoms with Crippen LogP contribution in [0.15, 0.2) is 29.0 Å². The Kier molecular flexibility index (Phi) is 4.49. The summed E-state index contributed by atoms with van der Waals surface area (Å²) >= 11 is 3.50. The first-order chi connectivity index (χ1) is 11.3. The minimum absolute atomic E-state index is 0.693. The molecular weight excluding hydrogens is 352 g/mol. The molecule has 23 heavy (non-hydrogen) atoms. The molecule has 0 N–H and O–H groups in total. The molecule has 4 heterocycles. The van der Waals surface area contributed by atoms with Crippen molar-refractivity contribution in [2.45, 2.75) is 38.1 Å². The first kappa shape index (κ1) is 15.3. The molecule has 0 aromatic carbocycles. The van der Waals surface area contributed by atoms with Crippen LogP contribution >= 0.6 is 15.9 Å². The lowest BCUT2D eigenvalue weighted by atomic mass is 10.1. The van der Waals surface area contributed by atoms with E-state index in [0.29, 0.717) is 6.04 Å². The Morgan fingerprint density at radius 3 is 2.74 bits per heavy atom. The molecule has 0 spiro atoms. The number of anilines is 1. The van der Waals surface area contributed by atoms with Crippen molar-refractivity contribution >= 4 is 32.7 Å². The molecule has 2 saturated heterocycles. The van der Waals surface area contributed by atoms with Crippen molar-refractivity contribution in [2.24, 2.45) is 0 Å². The van der Waals surface area contributed by atoms with Crippen molar-refractivity contribution in [2.75, 3.05) is 31.1 Å². The number of fused-ring (bicyclic) bond motifs is 1. The second kappa shape index (κ2) is 6.73. The minimum Gasteiger partial charge on any atom is -0.368 e. The molecule has 0 amide bonds. The van der Waals surface area contributed by atoms with Gasteiger partial charge in [-0.2, -0.15) is 0 Å². The number of aromatic nitrogens is 2. The Morgan fingerprint density at radius 1 is 1.04 bits per heavy atom. The van der Waals surface area contributed by atoms with Gasteiger partial charge in [0.2, 0.25) is 0 Å². The van der Waals surface area contributed by atoms with Gasteiger partial charge in [0.1, 0.15) is 5.52 Å². The van der Waals surface area contributed by atoms with E-state index in [9.17, 15) is 0 Å². The van der Waals surface area contributed by atoms with Crippen molar-refractivity contribution in [3.8, 4) is 0 Å². The molecule has 4 nitrogen and oxygen atoms in total. The van der Waals surface area contributed by atoms with Crippen molar-refractivity contribution in [1.82, 2.24) is 14.9 Å². The number of likely N-dealkylation sites (tertiary alicyclic amines) is 1. The quantitative estimate of drug-likeness (QED) is 0.798. The van der Waals surface area contributed by atoms with Gasteiger partial charge in [0.25, 0.3) is 0 Å². The van der Waals surface area contributed by atoms with Crippen LogP contribution < -0.4 is 4.90 Å². The second-order valence-electron chi connectivity index (χ2n) is 6.69. The third kappa shape index (κ3) is 3.22. The highest BCUT2D eigenvalue weighted by atomic mass is 79.9. The van der Waals surface area contributed by atoms with Crippen LogP contribution in [-0.2, 0) is 0 Å². The molecule has 2 fully saturated rings. The van der Waals surface area contributed by atoms with E-state index < -0.39 is 0 Å². The molecule has 1 unspecified atom stereocenters. The van der Waals surface area contributed by atoms with Gasteiger partial charge in [-0.15, -0.1) is 0 Å². The minimum atomic E-state index is 0.693. The van der Waals surface area contributed by atoms with E-state index in [4.69, 9.17) is 0 Å². The van der Waals surface area contributed by atoms with Crippen LogP contribution in [0.2, 0.25) is 0 Å². The summed E-state index contributed by atoms with van der Waals surface area (Å²) in [5.74, 6) is 0. The van der Waals surface area contributed by atoms with Gasteiger partial charge >= 0.3 is 0 Å². The first-order valence-electron chi connectivity index (χ1n) is 8.70. The van der Waals surface area contributed by atoms with Gasteiger partial charge in [-0.25, -0.2) is 0 Å². The third-order valence-electron chi connectivity index (χ3n) is 5.17. The fraction of sp³-hybridized carbons (Fsp3) is 0.556. The Balaban J connectivity index is 1.65. The molecular formula is C18H23BrN4. The lowest BCUT2D eigenvalue weighted by Crippen LogP contribution is -2.41. The van der Waals surface area contributed by atoms with Crippen LogP contribution in [0.5, 0.6) is 0 Å². The zero-order chi connectivity index (χ0) is 15.6. The Bertz CT molecular complexity index is 684. The van der Waals surface area contributed by atoms with Gasteiger partial charge in [0, 0.05) is 36.0 Å². The second-order valence-corrected chi connectivity index (χ2v) is 7.61. The topological polar surface area (TPSA) is 32.3 Å². The number of nitrogens with zero attached hydrogens (tertiary/aromatic N) is 4. The summed E-state index contributed by atoms with van der Waals surface area (Å²) in [6, 6.07) is 4.88. The maximum atomic E-state index is 4.64. The van der Waals surface area contributed by atoms with E-state index in [2.05, 4.69) is 47.8 Å². The van der Waals surface area contributed by atoms with Gasteiger partial charge in [0.05, 0.1) is 11.2 Å². The maximum absolute atomic E-state index is 4.64. The molecule has 4 rings (SSSR count). The standard InChI is InChI=1S/C18H23BrN4/c19-14-11-16-18(21-12-14)17(6-7-20-16)23-10-2-1-5-15(13-23)22-8-3-4-9-22/h6-7,11-12,15H,1-5,8-10,13H2. The highest BCUT2D eigenvalue weighted by Gasteiger charge is 2.26. The summed E-state index contributed by atoms with van der Waals surface area (Å²) in [5, 5.41) is 0. The third-order valence-corrected chi connectivity index (χ3v) is 5.60. The predicted octanol–water partition coefficient (Wildman–Crippen LogP) is 3.85. The molecule has 2 aliphatic heterocycles. The summed E-state index contributed by atoms with van der Waals surface area (Å²) in [5.41, 5.74) is 3.24. The van der Waals surface area contributed by atoms with E-state index in [-0.39, 0.29) is 0 Å². The van der Waals surface area contributed by atoms with Crippen LogP contribution in [0, 0.1) is 0 Å². The Labute approximate surface area is 146 Å². The Morgan fingerprint density at radius 2 is 1.87 bits per heavy atom. The number of rotatable bonds is 2. The van der Waals surface area contributed by atoms with Crippen molar-refractivity contribution in [3.05, 3.63) is 29.0 Å². The zero-order valence-corrected chi connectivity index (χ0v) is 15.0. The average Bonchev–Trinajstić information content (AvgIpc) is 2.99. The number of halogens is 1. The molecule has 5 heteroatoms. The first-order valence-corrected chi connectivity index (χ1v) is 9.50. The molecule has 0 bridgehead atoms. The zero-order valence-electron chi connectivity index (χ0n) is 13.4. The lowest BCUT2D eigenvalue weighted by molar-refractivity contribution is 0.237. The van der Waals surface area contributed by atoms with Gasteiger partial charge in [-0.05, 0) is 66.8 Å². The summed E-state index contributed by atoms with van der Waals surface area (Å²) in [4.78, 5) is 14.4. The average molecular weight is 375 g/mol. The molecule has 122 valence electrons. The molecule has 2 aromatic heterocycles. The SMILES string of the molecule is Brc1cnc2c(N3CCCCC(N4CCCC4)C3)ccnc2c1. The smallest absolute Gasteiger partial charge is 0.112 e. The summed E-state index contributed by atoms with van der Waals surface area (Å²) in [6.07, 6.45) is 10.5. The summed E-state index contributed by atoms with van der Waals surface area (Å²) in [6.45, 7) is 4.81. The highest BCUT2D eigenvalue weighted by Crippen LogP contribution is 2.29. The van der Waals surface area contributed by atoms with Crippen LogP contribution in [0.4, 0.5) is 5.69 Å². The lowest BCUT2D eigenvalue weighted by Gasteiger charge is -2.32. The molecule has 0 aliphatic carbocycles. The number of hydrogen-bond acceptors (Lipinski definition) is 4. The molecule has 0 saturated carbocycles. The molecule has 2 aliphatic rings. The monoisotopic (exact) mass is 374 g/mol. The molecule has 1 atom stereocenters. The fourth-order valence-corrected chi connectivity index (χ4v) is 4.31. The summed E-state index contributed by atoms with van der Waals surface area (Å²) in [7, 11) is 0. The predicted molar refractivity (Wildman–Crippen MR) is 97.9 cm³/mol. The van der Waals surface area contributed by atoms with E-state index in [1.54, 1.807) is 0 Å². The van der Waals surface area contributed by atoms with Crippen molar-refractivity contribution in [1.29, 1.82) is 0 Å². The fourth-order valence-electron chi connectivity index (χ4n) is 3.99. The van der Waals surface area contributed by atoms with Crippen LogP contribution in [0.1, 0.15) is 32.1 Å². The van der Waals surface area contributed by atoms with Gasteiger partial charge in [-0.3, -0.25) is 14.9 Å². The molecule has 0 radical (unpaired) electrons. The summed E-state index contributed by atoms with van der Waals surface area (Å²) < 4.78 is 0.987. The van der Waals surface area contributed by atoms with Crippen LogP contribution in [0.3, 0.4) is 0 Å². The number of hydrogen-bond donors (Lipinski definition) is 0.